The fourth-order valence-corrected chi connectivity index (χ4v) is 1.88. The highest BCUT2D eigenvalue weighted by atomic mass is 16.5. The highest BCUT2D eigenvalue weighted by molar-refractivity contribution is 5.40. The molecule has 2 heterocycles. The van der Waals surface area contributed by atoms with Gasteiger partial charge in [-0.2, -0.15) is 4.98 Å². The van der Waals surface area contributed by atoms with Crippen LogP contribution in [0.25, 0.3) is 0 Å². The second-order valence-corrected chi connectivity index (χ2v) is 4.83. The lowest BCUT2D eigenvalue weighted by atomic mass is 10.4. The van der Waals surface area contributed by atoms with Crippen molar-refractivity contribution in [3.05, 3.63) is 17.8 Å². The number of aromatic nitrogens is 2. The molecule has 6 nitrogen and oxygen atoms in total. The molecule has 1 saturated carbocycles. The molecule has 1 fully saturated rings. The first-order valence-corrected chi connectivity index (χ1v) is 5.88. The summed E-state index contributed by atoms with van der Waals surface area (Å²) in [5, 5.41) is 8.19. The maximum absolute atomic E-state index is 5.28. The minimum absolute atomic E-state index is 0.507. The van der Waals surface area contributed by atoms with Crippen LogP contribution in [0.5, 0.6) is 0 Å². The van der Waals surface area contributed by atoms with E-state index in [0.29, 0.717) is 11.9 Å². The van der Waals surface area contributed by atoms with E-state index in [4.69, 9.17) is 4.52 Å². The van der Waals surface area contributed by atoms with Crippen molar-refractivity contribution in [1.82, 2.24) is 20.2 Å². The Morgan fingerprint density at radius 3 is 2.76 bits per heavy atom. The van der Waals surface area contributed by atoms with Crippen LogP contribution in [-0.2, 0) is 0 Å². The van der Waals surface area contributed by atoms with E-state index in [1.54, 1.807) is 0 Å². The van der Waals surface area contributed by atoms with E-state index < -0.39 is 0 Å². The Kier molecular flexibility index (Phi) is 2.32. The lowest BCUT2D eigenvalue weighted by Gasteiger charge is -2.24. The molecule has 1 aromatic heterocycles. The molecule has 3 rings (SSSR count). The summed E-state index contributed by atoms with van der Waals surface area (Å²) >= 11 is 0. The molecular weight excluding hydrogens is 218 g/mol. The van der Waals surface area contributed by atoms with Gasteiger partial charge in [0.25, 0.3) is 5.95 Å². The van der Waals surface area contributed by atoms with E-state index in [-0.39, 0.29) is 0 Å². The van der Waals surface area contributed by atoms with E-state index in [1.165, 1.54) is 12.8 Å². The van der Waals surface area contributed by atoms with Crippen molar-refractivity contribution in [2.45, 2.75) is 25.7 Å². The molecule has 0 unspecified atom stereocenters. The Hall–Kier alpha value is -1.56. The van der Waals surface area contributed by atoms with Crippen molar-refractivity contribution in [1.29, 1.82) is 0 Å². The molecule has 0 spiro atoms. The largest absolute Gasteiger partial charge is 0.337 e. The fourth-order valence-electron chi connectivity index (χ4n) is 1.88. The summed E-state index contributed by atoms with van der Waals surface area (Å²) in [4.78, 5) is 6.51. The van der Waals surface area contributed by atoms with Crippen LogP contribution < -0.4 is 4.90 Å². The molecule has 92 valence electrons. The summed E-state index contributed by atoms with van der Waals surface area (Å²) in [6, 6.07) is 0. The van der Waals surface area contributed by atoms with Crippen molar-refractivity contribution >= 4 is 5.95 Å². The first-order chi connectivity index (χ1) is 8.15. The molecule has 0 saturated heterocycles. The smallest absolute Gasteiger partial charge is 0.271 e. The predicted octanol–water partition coefficient (Wildman–Crippen LogP) is 1.36. The molecule has 0 N–H and O–H groups in total. The van der Waals surface area contributed by atoms with Gasteiger partial charge < -0.3 is 4.52 Å². The fraction of sp³-hybridized carbons (Fsp3) is 0.636. The number of hydrogen-bond acceptors (Lipinski definition) is 6. The molecule has 1 aliphatic carbocycles. The number of rotatable bonds is 3. The van der Waals surface area contributed by atoms with Gasteiger partial charge in [0.15, 0.2) is 0 Å². The second-order valence-electron chi connectivity index (χ2n) is 4.83. The normalized spacial score (nSPS) is 20.4. The Morgan fingerprint density at radius 1 is 1.41 bits per heavy atom. The second kappa shape index (κ2) is 3.73. The molecule has 0 bridgehead atoms. The number of hydrazine groups is 1. The van der Waals surface area contributed by atoms with Gasteiger partial charge >= 0.3 is 0 Å². The van der Waals surface area contributed by atoms with E-state index in [1.807, 2.05) is 19.1 Å². The van der Waals surface area contributed by atoms with Gasteiger partial charge in [-0.3, -0.25) is 9.91 Å². The molecule has 2 aliphatic rings. The van der Waals surface area contributed by atoms with Crippen LogP contribution in [0.4, 0.5) is 5.95 Å². The highest BCUT2D eigenvalue weighted by Crippen LogP contribution is 2.39. The average molecular weight is 235 g/mol. The Labute approximate surface area is 100 Å². The summed E-state index contributed by atoms with van der Waals surface area (Å²) in [5.74, 6) is 1.97. The van der Waals surface area contributed by atoms with Crippen LogP contribution in [0.2, 0.25) is 0 Å². The van der Waals surface area contributed by atoms with Crippen molar-refractivity contribution in [3.8, 4) is 0 Å². The van der Waals surface area contributed by atoms with E-state index in [0.717, 1.165) is 18.3 Å². The molecule has 1 aliphatic heterocycles. The minimum Gasteiger partial charge on any atom is -0.337 e. The Morgan fingerprint density at radius 2 is 2.18 bits per heavy atom. The molecular formula is C11H17N5O. The monoisotopic (exact) mass is 235 g/mol. The zero-order valence-electron chi connectivity index (χ0n) is 10.4. The molecule has 0 radical (unpaired) electrons. The molecule has 0 amide bonds. The van der Waals surface area contributed by atoms with Gasteiger partial charge in [0.05, 0.1) is 0 Å². The third-order valence-corrected chi connectivity index (χ3v) is 3.16. The van der Waals surface area contributed by atoms with Crippen molar-refractivity contribution in [3.63, 3.8) is 0 Å². The first kappa shape index (κ1) is 10.6. The number of allylic oxidation sites excluding steroid dienone is 1. The van der Waals surface area contributed by atoms with Gasteiger partial charge in [0, 0.05) is 31.9 Å². The summed E-state index contributed by atoms with van der Waals surface area (Å²) in [7, 11) is 4.03. The summed E-state index contributed by atoms with van der Waals surface area (Å²) in [6.45, 7) is 2.79. The van der Waals surface area contributed by atoms with E-state index in [9.17, 15) is 0 Å². The minimum atomic E-state index is 0.507. The zero-order chi connectivity index (χ0) is 12.0. The maximum atomic E-state index is 5.28. The van der Waals surface area contributed by atoms with E-state index in [2.05, 4.69) is 33.2 Å². The van der Waals surface area contributed by atoms with Crippen LogP contribution >= 0.6 is 0 Å². The first-order valence-electron chi connectivity index (χ1n) is 5.88. The van der Waals surface area contributed by atoms with Gasteiger partial charge in [-0.05, 0) is 24.9 Å². The van der Waals surface area contributed by atoms with E-state index >= 15 is 0 Å². The lowest BCUT2D eigenvalue weighted by Crippen LogP contribution is -2.35. The third kappa shape index (κ3) is 1.88. The molecule has 17 heavy (non-hydrogen) atoms. The van der Waals surface area contributed by atoms with Gasteiger partial charge in [0.2, 0.25) is 5.89 Å². The summed E-state index contributed by atoms with van der Waals surface area (Å²) < 4.78 is 5.28. The maximum Gasteiger partial charge on any atom is 0.271 e. The van der Waals surface area contributed by atoms with Crippen LogP contribution in [-0.4, -0.2) is 40.9 Å². The van der Waals surface area contributed by atoms with Gasteiger partial charge in [-0.15, -0.1) is 0 Å². The van der Waals surface area contributed by atoms with Crippen molar-refractivity contribution < 1.29 is 4.52 Å². The molecule has 6 heteroatoms. The number of anilines is 1. The van der Waals surface area contributed by atoms with Gasteiger partial charge in [-0.25, -0.2) is 5.01 Å². The third-order valence-electron chi connectivity index (χ3n) is 3.16. The van der Waals surface area contributed by atoms with Gasteiger partial charge in [0.1, 0.15) is 6.67 Å². The predicted molar refractivity (Wildman–Crippen MR) is 62.9 cm³/mol. The summed E-state index contributed by atoms with van der Waals surface area (Å²) in [6.07, 6.45) is 4.44. The summed E-state index contributed by atoms with van der Waals surface area (Å²) in [5.41, 5.74) is 1.13. The van der Waals surface area contributed by atoms with Crippen LogP contribution in [0.3, 0.4) is 0 Å². The molecule has 0 atom stereocenters. The average Bonchev–Trinajstić information content (AvgIpc) is 2.88. The van der Waals surface area contributed by atoms with Gasteiger partial charge in [-0.1, -0.05) is 0 Å². The Balaban J connectivity index is 1.78. The van der Waals surface area contributed by atoms with Crippen LogP contribution in [0.1, 0.15) is 31.6 Å². The van der Waals surface area contributed by atoms with Crippen LogP contribution in [0, 0.1) is 0 Å². The van der Waals surface area contributed by atoms with Crippen LogP contribution in [0.15, 0.2) is 16.4 Å². The van der Waals surface area contributed by atoms with Crippen molar-refractivity contribution in [2.24, 2.45) is 0 Å². The SMILES string of the molecule is CC1=CN(N(C)C)CN1c1noc(C2CC2)n1. The number of hydrogen-bond donors (Lipinski definition) is 0. The standard InChI is InChI=1S/C11H17N5O/c1-8-6-15(14(2)3)7-16(8)11-12-10(17-13-11)9-4-5-9/h6,9H,4-5,7H2,1-3H3. The molecule has 1 aromatic rings. The highest BCUT2D eigenvalue weighted by Gasteiger charge is 2.31. The lowest BCUT2D eigenvalue weighted by molar-refractivity contribution is 0.0948. The zero-order valence-corrected chi connectivity index (χ0v) is 10.4. The Bertz CT molecular complexity index is 448. The van der Waals surface area contributed by atoms with Crippen molar-refractivity contribution in [2.75, 3.05) is 25.7 Å². The quantitative estimate of drug-likeness (QED) is 0.788. The molecule has 0 aromatic carbocycles. The number of nitrogens with zero attached hydrogens (tertiary/aromatic N) is 5. The topological polar surface area (TPSA) is 48.6 Å².